The molecule has 0 aliphatic rings. The quantitative estimate of drug-likeness (QED) is 0.528. The van der Waals surface area contributed by atoms with Gasteiger partial charge in [0.25, 0.3) is 0 Å². The Morgan fingerprint density at radius 2 is 1.53 bits per heavy atom. The Morgan fingerprint density at radius 3 is 1.89 bits per heavy atom. The molecule has 0 spiro atoms. The molecule has 108 valence electrons. The summed E-state index contributed by atoms with van der Waals surface area (Å²) < 4.78 is 26.3. The Hall–Kier alpha value is -0.990. The van der Waals surface area contributed by atoms with Gasteiger partial charge in [-0.25, -0.2) is 8.42 Å². The van der Waals surface area contributed by atoms with Gasteiger partial charge in [-0.15, -0.1) is 0 Å². The standard InChI is InChI=1S/C12H19NO5S/c1-2-10-3-5-11(6-4-10)19(17,18)13-12(7-14,8-15)9-16/h3-6,13-16H,2,7-9H2,1H3. The van der Waals surface area contributed by atoms with Crippen molar-refractivity contribution in [2.75, 3.05) is 19.8 Å². The first-order chi connectivity index (χ1) is 8.93. The maximum atomic E-state index is 12.1. The molecular weight excluding hydrogens is 270 g/mol. The molecule has 0 fully saturated rings. The van der Waals surface area contributed by atoms with Crippen molar-refractivity contribution in [3.05, 3.63) is 29.8 Å². The van der Waals surface area contributed by atoms with E-state index in [1.165, 1.54) is 12.1 Å². The van der Waals surface area contributed by atoms with E-state index in [1.807, 2.05) is 6.92 Å². The van der Waals surface area contributed by atoms with Crippen LogP contribution in [0.3, 0.4) is 0 Å². The highest BCUT2D eigenvalue weighted by atomic mass is 32.2. The number of hydrogen-bond donors (Lipinski definition) is 4. The van der Waals surface area contributed by atoms with Gasteiger partial charge in [-0.05, 0) is 24.1 Å². The van der Waals surface area contributed by atoms with Gasteiger partial charge in [0.2, 0.25) is 10.0 Å². The second-order valence-electron chi connectivity index (χ2n) is 4.36. The summed E-state index contributed by atoms with van der Waals surface area (Å²) in [7, 11) is -3.91. The molecule has 1 rings (SSSR count). The molecule has 0 aromatic heterocycles. The lowest BCUT2D eigenvalue weighted by Crippen LogP contribution is -2.56. The van der Waals surface area contributed by atoms with Crippen molar-refractivity contribution < 1.29 is 23.7 Å². The fourth-order valence-electron chi connectivity index (χ4n) is 1.50. The van der Waals surface area contributed by atoms with Crippen molar-refractivity contribution in [3.63, 3.8) is 0 Å². The zero-order chi connectivity index (χ0) is 14.5. The van der Waals surface area contributed by atoms with Crippen LogP contribution in [0.4, 0.5) is 0 Å². The van der Waals surface area contributed by atoms with Crippen LogP contribution in [0.5, 0.6) is 0 Å². The highest BCUT2D eigenvalue weighted by molar-refractivity contribution is 7.89. The number of rotatable bonds is 7. The second kappa shape index (κ2) is 6.44. The minimum Gasteiger partial charge on any atom is -0.394 e. The molecule has 0 bridgehead atoms. The Bertz CT molecular complexity index is 485. The van der Waals surface area contributed by atoms with Crippen LogP contribution >= 0.6 is 0 Å². The average molecular weight is 289 g/mol. The fourth-order valence-corrected chi connectivity index (χ4v) is 2.87. The largest absolute Gasteiger partial charge is 0.394 e. The molecule has 0 saturated heterocycles. The van der Waals surface area contributed by atoms with E-state index in [4.69, 9.17) is 15.3 Å². The summed E-state index contributed by atoms with van der Waals surface area (Å²) in [4.78, 5) is 0.0180. The molecule has 0 amide bonds. The maximum Gasteiger partial charge on any atom is 0.241 e. The van der Waals surface area contributed by atoms with E-state index in [0.717, 1.165) is 12.0 Å². The molecule has 7 heteroatoms. The van der Waals surface area contributed by atoms with Crippen LogP contribution in [0.1, 0.15) is 12.5 Å². The summed E-state index contributed by atoms with van der Waals surface area (Å²) in [5.74, 6) is 0. The average Bonchev–Trinajstić information content (AvgIpc) is 2.45. The fraction of sp³-hybridized carbons (Fsp3) is 0.500. The van der Waals surface area contributed by atoms with Crippen LogP contribution in [0.25, 0.3) is 0 Å². The monoisotopic (exact) mass is 289 g/mol. The zero-order valence-corrected chi connectivity index (χ0v) is 11.5. The van der Waals surface area contributed by atoms with Crippen molar-refractivity contribution in [1.82, 2.24) is 4.72 Å². The molecule has 0 saturated carbocycles. The van der Waals surface area contributed by atoms with Gasteiger partial charge < -0.3 is 15.3 Å². The molecule has 1 aromatic carbocycles. The summed E-state index contributed by atoms with van der Waals surface area (Å²) >= 11 is 0. The third-order valence-electron chi connectivity index (χ3n) is 2.90. The summed E-state index contributed by atoms with van der Waals surface area (Å²) in [6.45, 7) is -0.152. The molecule has 4 N–H and O–H groups in total. The Kier molecular flexibility index (Phi) is 5.45. The highest BCUT2D eigenvalue weighted by Crippen LogP contribution is 2.14. The lowest BCUT2D eigenvalue weighted by Gasteiger charge is -2.28. The van der Waals surface area contributed by atoms with E-state index in [0.29, 0.717) is 0 Å². The molecule has 0 heterocycles. The van der Waals surface area contributed by atoms with E-state index in [1.54, 1.807) is 12.1 Å². The highest BCUT2D eigenvalue weighted by Gasteiger charge is 2.33. The van der Waals surface area contributed by atoms with Crippen LogP contribution < -0.4 is 4.72 Å². The van der Waals surface area contributed by atoms with E-state index in [9.17, 15) is 8.42 Å². The Balaban J connectivity index is 3.03. The minimum atomic E-state index is -3.91. The Labute approximate surface area is 112 Å². The number of aliphatic hydroxyl groups excluding tert-OH is 3. The molecule has 0 radical (unpaired) electrons. The first-order valence-corrected chi connectivity index (χ1v) is 7.37. The molecule has 0 aliphatic carbocycles. The van der Waals surface area contributed by atoms with Gasteiger partial charge in [0.15, 0.2) is 0 Å². The van der Waals surface area contributed by atoms with Gasteiger partial charge in [0, 0.05) is 0 Å². The van der Waals surface area contributed by atoms with Crippen LogP contribution in [-0.2, 0) is 16.4 Å². The number of aryl methyl sites for hydroxylation is 1. The van der Waals surface area contributed by atoms with Crippen molar-refractivity contribution in [2.45, 2.75) is 23.8 Å². The van der Waals surface area contributed by atoms with Crippen molar-refractivity contribution in [3.8, 4) is 0 Å². The third-order valence-corrected chi connectivity index (χ3v) is 4.50. The van der Waals surface area contributed by atoms with Crippen molar-refractivity contribution >= 4 is 10.0 Å². The molecule has 6 nitrogen and oxygen atoms in total. The van der Waals surface area contributed by atoms with Crippen molar-refractivity contribution in [2.24, 2.45) is 0 Å². The first-order valence-electron chi connectivity index (χ1n) is 5.88. The summed E-state index contributed by atoms with van der Waals surface area (Å²) in [6.07, 6.45) is 0.793. The van der Waals surface area contributed by atoms with E-state index in [2.05, 4.69) is 4.72 Å². The van der Waals surface area contributed by atoms with Gasteiger partial charge in [-0.3, -0.25) is 0 Å². The normalized spacial score (nSPS) is 12.6. The SMILES string of the molecule is CCc1ccc(S(=O)(=O)NC(CO)(CO)CO)cc1. The number of nitrogens with one attached hydrogen (secondary N) is 1. The van der Waals surface area contributed by atoms with Gasteiger partial charge >= 0.3 is 0 Å². The number of aliphatic hydroxyl groups is 3. The van der Waals surface area contributed by atoms with E-state index in [-0.39, 0.29) is 4.90 Å². The van der Waals surface area contributed by atoms with Gasteiger partial charge in [0.1, 0.15) is 5.54 Å². The number of benzene rings is 1. The van der Waals surface area contributed by atoms with Gasteiger partial charge in [-0.1, -0.05) is 19.1 Å². The smallest absolute Gasteiger partial charge is 0.241 e. The summed E-state index contributed by atoms with van der Waals surface area (Å²) in [5.41, 5.74) is -0.667. The van der Waals surface area contributed by atoms with E-state index >= 15 is 0 Å². The molecule has 0 aliphatic heterocycles. The molecule has 1 aromatic rings. The lowest BCUT2D eigenvalue weighted by molar-refractivity contribution is 0.0582. The van der Waals surface area contributed by atoms with Gasteiger partial charge in [-0.2, -0.15) is 4.72 Å². The predicted octanol–water partition coefficient (Wildman–Crippen LogP) is -0.757. The van der Waals surface area contributed by atoms with Crippen LogP contribution in [-0.4, -0.2) is 49.1 Å². The lowest BCUT2D eigenvalue weighted by atomic mass is 10.1. The Morgan fingerprint density at radius 1 is 1.05 bits per heavy atom. The second-order valence-corrected chi connectivity index (χ2v) is 6.04. The first kappa shape index (κ1) is 16.1. The van der Waals surface area contributed by atoms with Crippen LogP contribution in [0, 0.1) is 0 Å². The minimum absolute atomic E-state index is 0.0180. The maximum absolute atomic E-state index is 12.1. The van der Waals surface area contributed by atoms with Crippen molar-refractivity contribution in [1.29, 1.82) is 0 Å². The summed E-state index contributed by atoms with van der Waals surface area (Å²) in [6, 6.07) is 6.26. The van der Waals surface area contributed by atoms with Crippen LogP contribution in [0.2, 0.25) is 0 Å². The third kappa shape index (κ3) is 3.74. The topological polar surface area (TPSA) is 107 Å². The van der Waals surface area contributed by atoms with Gasteiger partial charge in [0.05, 0.1) is 24.7 Å². The molecule has 19 heavy (non-hydrogen) atoms. The zero-order valence-electron chi connectivity index (χ0n) is 10.7. The number of hydrogen-bond acceptors (Lipinski definition) is 5. The van der Waals surface area contributed by atoms with Crippen LogP contribution in [0.15, 0.2) is 29.2 Å². The summed E-state index contributed by atoms with van der Waals surface area (Å²) in [5, 5.41) is 27.4. The molecule has 0 unspecified atom stereocenters. The molecular formula is C12H19NO5S. The predicted molar refractivity (Wildman–Crippen MR) is 70.1 cm³/mol. The molecule has 0 atom stereocenters. The number of sulfonamides is 1. The van der Waals surface area contributed by atoms with E-state index < -0.39 is 35.4 Å².